The highest BCUT2D eigenvalue weighted by molar-refractivity contribution is 7.93. The van der Waals surface area contributed by atoms with Gasteiger partial charge in [0.25, 0.3) is 0 Å². The summed E-state index contributed by atoms with van der Waals surface area (Å²) in [7, 11) is -7.58. The van der Waals surface area contributed by atoms with Crippen molar-refractivity contribution >= 4 is 47.6 Å². The number of benzene rings is 1. The number of halogens is 1. The molecule has 0 saturated heterocycles. The maximum Gasteiger partial charge on any atom is 0.226 e. The molecule has 132 valence electrons. The van der Waals surface area contributed by atoms with Gasteiger partial charge >= 0.3 is 0 Å². The zero-order valence-electron chi connectivity index (χ0n) is 13.3. The fourth-order valence-corrected chi connectivity index (χ4v) is 5.52. The van der Waals surface area contributed by atoms with E-state index < -0.39 is 19.7 Å². The van der Waals surface area contributed by atoms with E-state index in [1.54, 1.807) is 0 Å². The largest absolute Gasteiger partial charge is 0.372 e. The van der Waals surface area contributed by atoms with Crippen molar-refractivity contribution in [1.29, 1.82) is 0 Å². The van der Waals surface area contributed by atoms with E-state index in [1.165, 1.54) is 24.3 Å². The Morgan fingerprint density at radius 3 is 2.29 bits per heavy atom. The van der Waals surface area contributed by atoms with Gasteiger partial charge in [-0.05, 0) is 37.6 Å². The molecule has 0 spiro atoms. The Balaban J connectivity index is 2.62. The molecule has 0 aliphatic rings. The molecule has 1 atom stereocenters. The van der Waals surface area contributed by atoms with Crippen molar-refractivity contribution in [3.05, 3.63) is 29.3 Å². The second-order valence-corrected chi connectivity index (χ2v) is 10.8. The molecule has 0 aliphatic heterocycles. The topological polar surface area (TPSA) is 93.2 Å². The van der Waals surface area contributed by atoms with Gasteiger partial charge in [0.15, 0.2) is 5.03 Å². The third kappa shape index (κ3) is 4.08. The van der Waals surface area contributed by atoms with E-state index in [1.807, 2.05) is 13.8 Å². The Morgan fingerprint density at radius 1 is 1.21 bits per heavy atom. The Labute approximate surface area is 150 Å². The summed E-state index contributed by atoms with van der Waals surface area (Å²) in [5.74, 6) is 0. The van der Waals surface area contributed by atoms with Crippen LogP contribution < -0.4 is 5.32 Å². The molecule has 0 fully saturated rings. The smallest absolute Gasteiger partial charge is 0.226 e. The molecule has 0 bridgehead atoms. The summed E-state index contributed by atoms with van der Waals surface area (Å²) < 4.78 is 49.0. The van der Waals surface area contributed by atoms with Gasteiger partial charge in [-0.2, -0.15) is 0 Å². The zero-order chi connectivity index (χ0) is 18.1. The first kappa shape index (κ1) is 19.2. The van der Waals surface area contributed by atoms with Gasteiger partial charge in [-0.15, -0.1) is 0 Å². The van der Waals surface area contributed by atoms with Crippen molar-refractivity contribution in [2.24, 2.45) is 0 Å². The highest BCUT2D eigenvalue weighted by atomic mass is 35.5. The van der Waals surface area contributed by atoms with Gasteiger partial charge < -0.3 is 5.32 Å². The number of nitrogens with one attached hydrogen (secondary N) is 1. The van der Waals surface area contributed by atoms with E-state index in [2.05, 4.69) is 10.3 Å². The van der Waals surface area contributed by atoms with E-state index in [-0.39, 0.29) is 25.3 Å². The van der Waals surface area contributed by atoms with Crippen LogP contribution in [0.3, 0.4) is 0 Å². The van der Waals surface area contributed by atoms with Gasteiger partial charge in [-0.1, -0.05) is 29.9 Å². The Bertz CT molecular complexity index is 935. The molecule has 2 rings (SSSR count). The molecule has 10 heteroatoms. The normalized spacial score (nSPS) is 13.7. The molecule has 24 heavy (non-hydrogen) atoms. The summed E-state index contributed by atoms with van der Waals surface area (Å²) in [6, 6.07) is 5.62. The van der Waals surface area contributed by atoms with Crippen molar-refractivity contribution in [2.45, 2.75) is 40.6 Å². The Morgan fingerprint density at radius 2 is 1.79 bits per heavy atom. The molecule has 2 aromatic rings. The summed E-state index contributed by atoms with van der Waals surface area (Å²) in [6.45, 7) is 3.81. The molecule has 0 aliphatic carbocycles. The lowest BCUT2D eigenvalue weighted by atomic mass is 10.3. The molecular formula is C14H17ClN2O4S3. The molecule has 6 nitrogen and oxygen atoms in total. The van der Waals surface area contributed by atoms with Crippen molar-refractivity contribution in [1.82, 2.24) is 4.98 Å². The second kappa shape index (κ2) is 6.99. The van der Waals surface area contributed by atoms with Gasteiger partial charge in [-0.3, -0.25) is 0 Å². The molecule has 1 heterocycles. The van der Waals surface area contributed by atoms with Crippen LogP contribution in [0.15, 0.2) is 38.5 Å². The van der Waals surface area contributed by atoms with Crippen molar-refractivity contribution in [2.75, 3.05) is 11.6 Å². The molecule has 0 saturated carbocycles. The minimum absolute atomic E-state index is 0.00412. The number of anilines is 1. The fourth-order valence-electron chi connectivity index (χ4n) is 1.77. The SMILES string of the molecule is CC[C@H](C)Nc1sc(S(C)(=O)=O)nc1S(=O)(=O)c1ccc(Cl)cc1. The van der Waals surface area contributed by atoms with Crippen molar-refractivity contribution in [3.63, 3.8) is 0 Å². The molecule has 0 radical (unpaired) electrons. The quantitative estimate of drug-likeness (QED) is 0.788. The number of hydrogen-bond donors (Lipinski definition) is 1. The standard InChI is InChI=1S/C14H17ClN2O4S3/c1-4-9(2)16-12-13(17-14(22-12)23(3,18)19)24(20,21)11-7-5-10(15)6-8-11/h5-9,16H,4H2,1-3H3/t9-/m0/s1. The van der Waals surface area contributed by atoms with Crippen LogP contribution in [-0.2, 0) is 19.7 Å². The van der Waals surface area contributed by atoms with Gasteiger partial charge in [0.2, 0.25) is 24.0 Å². The highest BCUT2D eigenvalue weighted by Gasteiger charge is 2.29. The first-order valence-electron chi connectivity index (χ1n) is 7.03. The average Bonchev–Trinajstić information content (AvgIpc) is 2.92. The van der Waals surface area contributed by atoms with Crippen LogP contribution in [0.4, 0.5) is 5.00 Å². The van der Waals surface area contributed by atoms with Gasteiger partial charge in [0.05, 0.1) is 4.90 Å². The predicted octanol–water partition coefficient (Wildman–Crippen LogP) is 3.24. The summed E-state index contributed by atoms with van der Waals surface area (Å²) in [5.41, 5.74) is 0. The zero-order valence-corrected chi connectivity index (χ0v) is 16.5. The number of sulfone groups is 2. The van der Waals surface area contributed by atoms with E-state index >= 15 is 0 Å². The van der Waals surface area contributed by atoms with Gasteiger partial charge in [-0.25, -0.2) is 21.8 Å². The Hall–Kier alpha value is -1.16. The minimum atomic E-state index is -3.97. The molecule has 0 unspecified atom stereocenters. The van der Waals surface area contributed by atoms with Crippen LogP contribution in [0, 0.1) is 0 Å². The van der Waals surface area contributed by atoms with Crippen LogP contribution in [0.5, 0.6) is 0 Å². The molecule has 1 aromatic carbocycles. The monoisotopic (exact) mass is 408 g/mol. The van der Waals surface area contributed by atoms with Crippen LogP contribution in [-0.4, -0.2) is 34.1 Å². The van der Waals surface area contributed by atoms with E-state index in [9.17, 15) is 16.8 Å². The van der Waals surface area contributed by atoms with Crippen LogP contribution in [0.1, 0.15) is 20.3 Å². The lowest BCUT2D eigenvalue weighted by molar-refractivity contribution is 0.591. The number of thiazole rings is 1. The first-order chi connectivity index (χ1) is 11.1. The third-order valence-corrected chi connectivity index (χ3v) is 8.01. The van der Waals surface area contributed by atoms with Crippen LogP contribution in [0.2, 0.25) is 5.02 Å². The maximum atomic E-state index is 12.8. The van der Waals surface area contributed by atoms with Gasteiger partial charge in [0, 0.05) is 17.3 Å². The van der Waals surface area contributed by atoms with Crippen molar-refractivity contribution in [3.8, 4) is 0 Å². The number of aromatic nitrogens is 1. The van der Waals surface area contributed by atoms with Crippen LogP contribution >= 0.6 is 22.9 Å². The first-order valence-corrected chi connectivity index (χ1v) is 11.6. The fraction of sp³-hybridized carbons (Fsp3) is 0.357. The maximum absolute atomic E-state index is 12.8. The lowest BCUT2D eigenvalue weighted by Gasteiger charge is -2.12. The average molecular weight is 409 g/mol. The Kier molecular flexibility index (Phi) is 5.58. The lowest BCUT2D eigenvalue weighted by Crippen LogP contribution is -2.15. The summed E-state index contributed by atoms with van der Waals surface area (Å²) >= 11 is 6.61. The highest BCUT2D eigenvalue weighted by Crippen LogP contribution is 2.35. The van der Waals surface area contributed by atoms with E-state index in [0.717, 1.165) is 24.0 Å². The van der Waals surface area contributed by atoms with Crippen molar-refractivity contribution < 1.29 is 16.8 Å². The minimum Gasteiger partial charge on any atom is -0.372 e. The van der Waals surface area contributed by atoms with Gasteiger partial charge in [0.1, 0.15) is 5.00 Å². The molecule has 1 N–H and O–H groups in total. The molecule has 0 amide bonds. The van der Waals surface area contributed by atoms with Crippen LogP contribution in [0.25, 0.3) is 0 Å². The number of rotatable bonds is 6. The molecule has 1 aromatic heterocycles. The third-order valence-electron chi connectivity index (χ3n) is 3.26. The predicted molar refractivity (Wildman–Crippen MR) is 95.5 cm³/mol. The summed E-state index contributed by atoms with van der Waals surface area (Å²) in [5, 5.41) is 3.37. The number of nitrogens with zero attached hydrogens (tertiary/aromatic N) is 1. The van der Waals surface area contributed by atoms with E-state index in [0.29, 0.717) is 5.02 Å². The van der Waals surface area contributed by atoms with E-state index in [4.69, 9.17) is 11.6 Å². The number of hydrogen-bond acceptors (Lipinski definition) is 7. The second-order valence-electron chi connectivity index (χ2n) is 5.30. The summed E-state index contributed by atoms with van der Waals surface area (Å²) in [6.07, 6.45) is 1.74. The molecular weight excluding hydrogens is 392 g/mol. The summed E-state index contributed by atoms with van der Waals surface area (Å²) in [4.78, 5) is 3.89.